The van der Waals surface area contributed by atoms with Gasteiger partial charge in [0, 0.05) is 0 Å². The van der Waals surface area contributed by atoms with Gasteiger partial charge in [0.1, 0.15) is 11.6 Å². The summed E-state index contributed by atoms with van der Waals surface area (Å²) in [6.07, 6.45) is 2.39. The van der Waals surface area contributed by atoms with E-state index in [1.165, 1.54) is 16.7 Å². The molecular weight excluding hydrogens is 428 g/mol. The van der Waals surface area contributed by atoms with Crippen molar-refractivity contribution in [2.45, 2.75) is 20.3 Å². The lowest BCUT2D eigenvalue weighted by atomic mass is 9.92. The first kappa shape index (κ1) is 22.3. The van der Waals surface area contributed by atoms with E-state index in [0.29, 0.717) is 17.1 Å². The molecule has 0 saturated carbocycles. The normalized spacial score (nSPS) is 11.3. The lowest BCUT2D eigenvalue weighted by Crippen LogP contribution is -2.14. The van der Waals surface area contributed by atoms with Crippen molar-refractivity contribution in [3.8, 4) is 6.07 Å². The van der Waals surface area contributed by atoms with E-state index < -0.39 is 5.91 Å². The topological polar surface area (TPSA) is 52.9 Å². The minimum absolute atomic E-state index is 0.0212. The fourth-order valence-corrected chi connectivity index (χ4v) is 4.28. The highest BCUT2D eigenvalue weighted by molar-refractivity contribution is 6.34. The number of nitrogens with zero attached hydrogens (tertiary/aromatic N) is 1. The van der Waals surface area contributed by atoms with Crippen LogP contribution in [0.2, 0.25) is 5.02 Å². The first-order valence-electron chi connectivity index (χ1n) is 10.7. The number of carbonyl (C=O) groups is 1. The molecule has 0 unspecified atom stereocenters. The number of halogens is 1. The van der Waals surface area contributed by atoms with Gasteiger partial charge in [0.15, 0.2) is 0 Å². The summed E-state index contributed by atoms with van der Waals surface area (Å²) >= 11 is 6.18. The van der Waals surface area contributed by atoms with E-state index in [-0.39, 0.29) is 5.57 Å². The number of benzene rings is 4. The predicted octanol–water partition coefficient (Wildman–Crippen LogP) is 7.25. The number of nitriles is 1. The minimum atomic E-state index is -0.490. The van der Waals surface area contributed by atoms with Gasteiger partial charge in [-0.05, 0) is 65.9 Å². The second kappa shape index (κ2) is 9.73. The fraction of sp³-hybridized carbons (Fsp3) is 0.103. The van der Waals surface area contributed by atoms with Crippen LogP contribution in [-0.2, 0) is 11.2 Å². The zero-order valence-electron chi connectivity index (χ0n) is 18.5. The monoisotopic (exact) mass is 450 g/mol. The molecule has 3 nitrogen and oxygen atoms in total. The van der Waals surface area contributed by atoms with Gasteiger partial charge in [0.05, 0.1) is 10.7 Å². The highest BCUT2D eigenvalue weighted by Gasteiger charge is 2.14. The second-order valence-corrected chi connectivity index (χ2v) is 8.54. The van der Waals surface area contributed by atoms with Crippen LogP contribution in [0.1, 0.15) is 27.8 Å². The number of anilines is 1. The van der Waals surface area contributed by atoms with Gasteiger partial charge in [0.25, 0.3) is 5.91 Å². The summed E-state index contributed by atoms with van der Waals surface area (Å²) in [5.41, 5.74) is 6.03. The zero-order chi connectivity index (χ0) is 23.4. The van der Waals surface area contributed by atoms with Gasteiger partial charge in [-0.25, -0.2) is 0 Å². The molecule has 0 heterocycles. The Kier molecular flexibility index (Phi) is 6.58. The molecule has 0 bridgehead atoms. The summed E-state index contributed by atoms with van der Waals surface area (Å²) in [4.78, 5) is 12.9. The Morgan fingerprint density at radius 2 is 1.67 bits per heavy atom. The molecule has 0 aliphatic rings. The molecule has 0 atom stereocenters. The van der Waals surface area contributed by atoms with Crippen molar-refractivity contribution in [3.63, 3.8) is 0 Å². The number of nitrogens with one attached hydrogen (secondary N) is 1. The molecule has 4 aromatic rings. The third kappa shape index (κ3) is 5.14. The molecule has 0 spiro atoms. The Hall–Kier alpha value is -3.87. The number of hydrogen-bond donors (Lipinski definition) is 1. The lowest BCUT2D eigenvalue weighted by molar-refractivity contribution is -0.112. The number of rotatable bonds is 5. The van der Waals surface area contributed by atoms with Gasteiger partial charge < -0.3 is 5.32 Å². The first-order chi connectivity index (χ1) is 15.9. The summed E-state index contributed by atoms with van der Waals surface area (Å²) in [6.45, 7) is 4.18. The van der Waals surface area contributed by atoms with E-state index in [9.17, 15) is 10.1 Å². The van der Waals surface area contributed by atoms with Gasteiger partial charge in [-0.3, -0.25) is 4.79 Å². The van der Waals surface area contributed by atoms with E-state index in [0.717, 1.165) is 21.9 Å². The summed E-state index contributed by atoms with van der Waals surface area (Å²) in [7, 11) is 0. The molecule has 33 heavy (non-hydrogen) atoms. The number of aryl methyl sites for hydroxylation is 2. The Labute approximate surface area is 198 Å². The molecule has 0 aliphatic carbocycles. The molecule has 0 aromatic heterocycles. The number of amides is 1. The van der Waals surface area contributed by atoms with Crippen LogP contribution >= 0.6 is 11.6 Å². The van der Waals surface area contributed by atoms with E-state index in [2.05, 4.69) is 55.6 Å². The Morgan fingerprint density at radius 3 is 2.39 bits per heavy atom. The quantitative estimate of drug-likeness (QED) is 0.257. The fourth-order valence-electron chi connectivity index (χ4n) is 4.10. The number of para-hydroxylation sites is 1. The van der Waals surface area contributed by atoms with E-state index in [1.54, 1.807) is 30.3 Å². The van der Waals surface area contributed by atoms with Crippen molar-refractivity contribution in [1.29, 1.82) is 5.26 Å². The Bertz CT molecular complexity index is 1410. The lowest BCUT2D eigenvalue weighted by Gasteiger charge is -2.13. The van der Waals surface area contributed by atoms with Crippen molar-refractivity contribution in [2.75, 3.05) is 5.32 Å². The van der Waals surface area contributed by atoms with E-state index >= 15 is 0 Å². The number of fused-ring (bicyclic) bond motifs is 1. The molecule has 0 radical (unpaired) electrons. The molecule has 162 valence electrons. The minimum Gasteiger partial charge on any atom is -0.320 e. The van der Waals surface area contributed by atoms with Crippen molar-refractivity contribution >= 4 is 40.0 Å². The van der Waals surface area contributed by atoms with Crippen LogP contribution in [0.4, 0.5) is 5.69 Å². The van der Waals surface area contributed by atoms with Crippen LogP contribution < -0.4 is 5.32 Å². The standard InChI is InChI=1S/C29H23ClN2O/c1-19-13-20(2)15-21(14-19)16-23-12-11-22-7-3-4-8-25(22)26(23)17-24(18-31)29(33)32-28-10-6-5-9-27(28)30/h3-15,17H,16H2,1-2H3,(H,32,33)/b24-17+. The first-order valence-corrected chi connectivity index (χ1v) is 11.1. The molecule has 1 amide bonds. The summed E-state index contributed by atoms with van der Waals surface area (Å²) in [5, 5.41) is 15.0. The van der Waals surface area contributed by atoms with Crippen molar-refractivity contribution in [2.24, 2.45) is 0 Å². The van der Waals surface area contributed by atoms with Crippen molar-refractivity contribution in [3.05, 3.63) is 117 Å². The third-order valence-corrected chi connectivity index (χ3v) is 5.84. The molecule has 4 aromatic carbocycles. The number of carbonyl (C=O) groups excluding carboxylic acids is 1. The van der Waals surface area contributed by atoms with E-state index in [4.69, 9.17) is 11.6 Å². The van der Waals surface area contributed by atoms with Crippen LogP contribution in [0.25, 0.3) is 16.8 Å². The van der Waals surface area contributed by atoms with Crippen LogP contribution in [0.3, 0.4) is 0 Å². The molecule has 0 fully saturated rings. The van der Waals surface area contributed by atoms with E-state index in [1.807, 2.05) is 24.3 Å². The second-order valence-electron chi connectivity index (χ2n) is 8.14. The molecule has 0 aliphatic heterocycles. The third-order valence-electron chi connectivity index (χ3n) is 5.51. The summed E-state index contributed by atoms with van der Waals surface area (Å²) < 4.78 is 0. The average molecular weight is 451 g/mol. The highest BCUT2D eigenvalue weighted by atomic mass is 35.5. The van der Waals surface area contributed by atoms with Crippen LogP contribution in [0, 0.1) is 25.2 Å². The Balaban J connectivity index is 1.79. The number of hydrogen-bond acceptors (Lipinski definition) is 2. The predicted molar refractivity (Wildman–Crippen MR) is 136 cm³/mol. The van der Waals surface area contributed by atoms with Gasteiger partial charge in [0.2, 0.25) is 0 Å². The van der Waals surface area contributed by atoms with Crippen LogP contribution in [0.15, 0.2) is 84.4 Å². The molecule has 4 rings (SSSR count). The van der Waals surface area contributed by atoms with Crippen molar-refractivity contribution < 1.29 is 4.79 Å². The maximum atomic E-state index is 12.9. The maximum absolute atomic E-state index is 12.9. The Morgan fingerprint density at radius 1 is 0.970 bits per heavy atom. The van der Waals surface area contributed by atoms with Crippen LogP contribution in [0.5, 0.6) is 0 Å². The molecule has 1 N–H and O–H groups in total. The largest absolute Gasteiger partial charge is 0.320 e. The van der Waals surface area contributed by atoms with Crippen LogP contribution in [-0.4, -0.2) is 5.91 Å². The average Bonchev–Trinajstić information content (AvgIpc) is 2.79. The summed E-state index contributed by atoms with van der Waals surface area (Å²) in [5.74, 6) is -0.490. The van der Waals surface area contributed by atoms with Gasteiger partial charge >= 0.3 is 0 Å². The van der Waals surface area contributed by atoms with Crippen molar-refractivity contribution in [1.82, 2.24) is 0 Å². The van der Waals surface area contributed by atoms with Gasteiger partial charge in [-0.15, -0.1) is 0 Å². The maximum Gasteiger partial charge on any atom is 0.266 e. The summed E-state index contributed by atoms with van der Waals surface area (Å²) in [6, 6.07) is 27.7. The smallest absolute Gasteiger partial charge is 0.266 e. The highest BCUT2D eigenvalue weighted by Crippen LogP contribution is 2.28. The molecule has 4 heteroatoms. The van der Waals surface area contributed by atoms with Gasteiger partial charge in [-0.1, -0.05) is 89.5 Å². The van der Waals surface area contributed by atoms with Gasteiger partial charge in [-0.2, -0.15) is 5.26 Å². The zero-order valence-corrected chi connectivity index (χ0v) is 19.3. The molecule has 0 saturated heterocycles. The SMILES string of the molecule is Cc1cc(C)cc(Cc2ccc3ccccc3c2/C=C(\C#N)C(=O)Nc2ccccc2Cl)c1. The molecular formula is C29H23ClN2O.